The molecule has 0 bridgehead atoms. The lowest BCUT2D eigenvalue weighted by Gasteiger charge is -2.54. The lowest BCUT2D eigenvalue weighted by molar-refractivity contribution is 0.0835. The van der Waals surface area contributed by atoms with Gasteiger partial charge in [0.15, 0.2) is 0 Å². The van der Waals surface area contributed by atoms with Gasteiger partial charge in [-0.15, -0.1) is 0 Å². The predicted molar refractivity (Wildman–Crippen MR) is 89.9 cm³/mol. The summed E-state index contributed by atoms with van der Waals surface area (Å²) < 4.78 is 0. The molecule has 0 aromatic carbocycles. The summed E-state index contributed by atoms with van der Waals surface area (Å²) in [5, 5.41) is 0. The van der Waals surface area contributed by atoms with Crippen molar-refractivity contribution in [3.05, 3.63) is 47.6 Å². The average Bonchev–Trinajstić information content (AvgIpc) is 2.76. The van der Waals surface area contributed by atoms with E-state index < -0.39 is 0 Å². The Morgan fingerprint density at radius 2 is 2.00 bits per heavy atom. The monoisotopic (exact) mass is 280 g/mol. The van der Waals surface area contributed by atoms with Crippen molar-refractivity contribution in [2.75, 3.05) is 0 Å². The molecule has 0 saturated heterocycles. The number of hydrogen-bond donors (Lipinski definition) is 0. The molecule has 0 heteroatoms. The fraction of sp³-hybridized carbons (Fsp3) is 0.619. The van der Waals surface area contributed by atoms with Crippen LogP contribution in [0.3, 0.4) is 0 Å². The number of fused-ring (bicyclic) bond motifs is 4. The van der Waals surface area contributed by atoms with Crippen molar-refractivity contribution < 1.29 is 0 Å². The van der Waals surface area contributed by atoms with Gasteiger partial charge >= 0.3 is 0 Å². The van der Waals surface area contributed by atoms with E-state index in [4.69, 9.17) is 0 Å². The maximum absolute atomic E-state index is 4.32. The van der Waals surface area contributed by atoms with E-state index in [9.17, 15) is 0 Å². The largest absolute Gasteiger partial charge is 0.0949 e. The maximum atomic E-state index is 4.32. The van der Waals surface area contributed by atoms with Gasteiger partial charge in [-0.3, -0.25) is 0 Å². The van der Waals surface area contributed by atoms with E-state index in [0.29, 0.717) is 5.41 Å². The lowest BCUT2D eigenvalue weighted by Crippen LogP contribution is -2.44. The van der Waals surface area contributed by atoms with Crippen molar-refractivity contribution in [3.8, 4) is 0 Å². The molecule has 0 aliphatic heterocycles. The molecule has 5 atom stereocenters. The second-order valence-electron chi connectivity index (χ2n) is 8.39. The van der Waals surface area contributed by atoms with E-state index in [1.807, 2.05) is 0 Å². The van der Waals surface area contributed by atoms with Crippen molar-refractivity contribution in [1.82, 2.24) is 0 Å². The highest BCUT2D eigenvalue weighted by molar-refractivity contribution is 5.53. The lowest BCUT2D eigenvalue weighted by atomic mass is 9.50. The highest BCUT2D eigenvalue weighted by Gasteiger charge is 2.51. The van der Waals surface area contributed by atoms with Crippen molar-refractivity contribution in [2.24, 2.45) is 28.6 Å². The zero-order valence-electron chi connectivity index (χ0n) is 13.8. The van der Waals surface area contributed by atoms with E-state index >= 15 is 0 Å². The van der Waals surface area contributed by atoms with Gasteiger partial charge in [-0.25, -0.2) is 0 Å². The normalized spacial score (nSPS) is 48.1. The first kappa shape index (κ1) is 13.6. The standard InChI is InChI=1S/C21H28/c1-14-9-11-21(4)16(13-14)6-7-17-18-8-5-15(2)20(18,3)12-10-19(17)21/h5,8-9,11,14,16,19H,2,6-7,10,12-13H2,1,3-4H3. The summed E-state index contributed by atoms with van der Waals surface area (Å²) in [6.07, 6.45) is 16.5. The average molecular weight is 280 g/mol. The first-order valence-electron chi connectivity index (χ1n) is 8.75. The SMILES string of the molecule is C=C1C=CC2=C3CCC4CC(C)C=CC4(C)C3CCC12C. The Bertz CT molecular complexity index is 587. The maximum Gasteiger partial charge on any atom is 0.0168 e. The molecule has 0 spiro atoms. The molecule has 1 fully saturated rings. The van der Waals surface area contributed by atoms with Gasteiger partial charge in [0.25, 0.3) is 0 Å². The molecular weight excluding hydrogens is 252 g/mol. The first-order chi connectivity index (χ1) is 9.95. The Kier molecular flexibility index (Phi) is 2.75. The summed E-state index contributed by atoms with van der Waals surface area (Å²) in [7, 11) is 0. The topological polar surface area (TPSA) is 0 Å². The van der Waals surface area contributed by atoms with Crippen molar-refractivity contribution >= 4 is 0 Å². The minimum Gasteiger partial charge on any atom is -0.0949 e. The number of hydrogen-bond acceptors (Lipinski definition) is 0. The second kappa shape index (κ2) is 4.24. The molecule has 4 rings (SSSR count). The van der Waals surface area contributed by atoms with E-state index in [0.717, 1.165) is 17.8 Å². The molecule has 112 valence electrons. The molecular formula is C21H28. The molecule has 0 nitrogen and oxygen atoms in total. The Hall–Kier alpha value is -1.04. The minimum absolute atomic E-state index is 0.251. The van der Waals surface area contributed by atoms with Crippen LogP contribution >= 0.6 is 0 Å². The Morgan fingerprint density at radius 3 is 2.81 bits per heavy atom. The third kappa shape index (κ3) is 1.68. The quantitative estimate of drug-likeness (QED) is 0.489. The second-order valence-corrected chi connectivity index (χ2v) is 8.39. The van der Waals surface area contributed by atoms with Crippen LogP contribution in [0, 0.1) is 28.6 Å². The number of allylic oxidation sites excluding steroid dienone is 7. The van der Waals surface area contributed by atoms with Crippen LogP contribution < -0.4 is 0 Å². The van der Waals surface area contributed by atoms with Gasteiger partial charge in [0.05, 0.1) is 0 Å². The number of rotatable bonds is 0. The Balaban J connectivity index is 1.81. The van der Waals surface area contributed by atoms with Gasteiger partial charge in [-0.05, 0) is 66.4 Å². The molecule has 0 aromatic heterocycles. The van der Waals surface area contributed by atoms with Gasteiger partial charge < -0.3 is 0 Å². The third-order valence-corrected chi connectivity index (χ3v) is 7.29. The smallest absolute Gasteiger partial charge is 0.0168 e. The van der Waals surface area contributed by atoms with Crippen molar-refractivity contribution in [1.29, 1.82) is 0 Å². The first-order valence-corrected chi connectivity index (χ1v) is 8.75. The summed E-state index contributed by atoms with van der Waals surface area (Å²) in [5.41, 5.74) is 5.41. The molecule has 0 radical (unpaired) electrons. The van der Waals surface area contributed by atoms with Crippen LogP contribution in [0.1, 0.15) is 52.9 Å². The van der Waals surface area contributed by atoms with E-state index in [1.54, 1.807) is 11.1 Å². The van der Waals surface area contributed by atoms with E-state index in [2.05, 4.69) is 51.7 Å². The summed E-state index contributed by atoms with van der Waals surface area (Å²) in [4.78, 5) is 0. The molecule has 0 amide bonds. The zero-order chi connectivity index (χ0) is 14.8. The Labute approximate surface area is 129 Å². The molecule has 1 saturated carbocycles. The summed E-state index contributed by atoms with van der Waals surface area (Å²) in [6.45, 7) is 11.7. The van der Waals surface area contributed by atoms with Crippen molar-refractivity contribution in [3.63, 3.8) is 0 Å². The van der Waals surface area contributed by atoms with Crippen LogP contribution in [-0.4, -0.2) is 0 Å². The summed E-state index contributed by atoms with van der Waals surface area (Å²) in [5.74, 6) is 2.45. The molecule has 21 heavy (non-hydrogen) atoms. The van der Waals surface area contributed by atoms with Gasteiger partial charge in [-0.1, -0.05) is 57.2 Å². The molecule has 5 unspecified atom stereocenters. The molecule has 0 N–H and O–H groups in total. The van der Waals surface area contributed by atoms with Crippen LogP contribution in [0.4, 0.5) is 0 Å². The molecule has 0 heterocycles. The van der Waals surface area contributed by atoms with Crippen LogP contribution in [-0.2, 0) is 0 Å². The molecule has 4 aliphatic rings. The fourth-order valence-electron chi connectivity index (χ4n) is 5.72. The summed E-state index contributed by atoms with van der Waals surface area (Å²) in [6, 6.07) is 0. The fourth-order valence-corrected chi connectivity index (χ4v) is 5.72. The van der Waals surface area contributed by atoms with Crippen LogP contribution in [0.5, 0.6) is 0 Å². The van der Waals surface area contributed by atoms with Gasteiger partial charge in [0.2, 0.25) is 0 Å². The minimum atomic E-state index is 0.251. The highest BCUT2D eigenvalue weighted by Crippen LogP contribution is 2.62. The van der Waals surface area contributed by atoms with Crippen molar-refractivity contribution in [2.45, 2.75) is 52.9 Å². The predicted octanol–water partition coefficient (Wildman–Crippen LogP) is 5.84. The van der Waals surface area contributed by atoms with E-state index in [1.165, 1.54) is 37.7 Å². The Morgan fingerprint density at radius 1 is 1.19 bits per heavy atom. The molecule has 0 aromatic rings. The van der Waals surface area contributed by atoms with Gasteiger partial charge in [0.1, 0.15) is 0 Å². The van der Waals surface area contributed by atoms with Crippen LogP contribution in [0.25, 0.3) is 0 Å². The van der Waals surface area contributed by atoms with Crippen LogP contribution in [0.15, 0.2) is 47.6 Å². The summed E-state index contributed by atoms with van der Waals surface area (Å²) >= 11 is 0. The zero-order valence-corrected chi connectivity index (χ0v) is 13.8. The molecule has 4 aliphatic carbocycles. The van der Waals surface area contributed by atoms with E-state index in [-0.39, 0.29) is 5.41 Å². The van der Waals surface area contributed by atoms with Crippen LogP contribution in [0.2, 0.25) is 0 Å². The highest BCUT2D eigenvalue weighted by atomic mass is 14.5. The van der Waals surface area contributed by atoms with Gasteiger partial charge in [-0.2, -0.15) is 0 Å². The van der Waals surface area contributed by atoms with Gasteiger partial charge in [0, 0.05) is 5.41 Å². The third-order valence-electron chi connectivity index (χ3n) is 7.29.